The van der Waals surface area contributed by atoms with Gasteiger partial charge in [0.2, 0.25) is 5.91 Å². The van der Waals surface area contributed by atoms with E-state index in [9.17, 15) is 9.59 Å². The van der Waals surface area contributed by atoms with Gasteiger partial charge in [-0.15, -0.1) is 0 Å². The van der Waals surface area contributed by atoms with Gasteiger partial charge in [0.1, 0.15) is 0 Å². The van der Waals surface area contributed by atoms with Crippen molar-refractivity contribution in [2.45, 2.75) is 33.6 Å². The molecule has 0 fully saturated rings. The first-order valence-corrected chi connectivity index (χ1v) is 6.30. The number of carboxylic acid groups (broad SMARTS) is 1. The van der Waals surface area contributed by atoms with Gasteiger partial charge in [0.05, 0.1) is 0 Å². The van der Waals surface area contributed by atoms with Gasteiger partial charge in [0.15, 0.2) is 0 Å². The Kier molecular flexibility index (Phi) is 4.70. The monoisotopic (exact) mass is 263 g/mol. The molecule has 0 aliphatic rings. The van der Waals surface area contributed by atoms with Gasteiger partial charge in [-0.25, -0.2) is 0 Å². The van der Waals surface area contributed by atoms with Crippen LogP contribution in [0.4, 0.5) is 5.69 Å². The number of aliphatic carboxylic acids is 1. The van der Waals surface area contributed by atoms with Crippen molar-refractivity contribution in [2.24, 2.45) is 5.41 Å². The van der Waals surface area contributed by atoms with Crippen LogP contribution in [0.2, 0.25) is 0 Å². The molecule has 0 aromatic heterocycles. The van der Waals surface area contributed by atoms with Gasteiger partial charge in [-0.3, -0.25) is 9.59 Å². The predicted molar refractivity (Wildman–Crippen MR) is 75.3 cm³/mol. The lowest BCUT2D eigenvalue weighted by molar-refractivity contribution is -0.137. The molecule has 104 valence electrons. The molecule has 4 heteroatoms. The molecule has 0 aliphatic carbocycles. The summed E-state index contributed by atoms with van der Waals surface area (Å²) < 4.78 is 0. The molecule has 19 heavy (non-hydrogen) atoms. The third kappa shape index (κ3) is 4.39. The van der Waals surface area contributed by atoms with Crippen LogP contribution in [0.25, 0.3) is 0 Å². The number of anilines is 1. The van der Waals surface area contributed by atoms with Crippen molar-refractivity contribution in [1.29, 1.82) is 0 Å². The molecule has 0 bridgehead atoms. The molecule has 0 radical (unpaired) electrons. The first-order chi connectivity index (χ1) is 8.71. The van der Waals surface area contributed by atoms with E-state index >= 15 is 0 Å². The van der Waals surface area contributed by atoms with Crippen LogP contribution in [0.1, 0.15) is 32.8 Å². The summed E-state index contributed by atoms with van der Waals surface area (Å²) in [6.07, 6.45) is 0.571. The molecule has 1 amide bonds. The average Bonchev–Trinajstić information content (AvgIpc) is 2.33. The first-order valence-electron chi connectivity index (χ1n) is 6.30. The molecule has 0 aliphatic heterocycles. The number of aryl methyl sites for hydroxylation is 1. The topological polar surface area (TPSA) is 57.6 Å². The summed E-state index contributed by atoms with van der Waals surface area (Å²) in [5, 5.41) is 8.68. The minimum atomic E-state index is -0.815. The Morgan fingerprint density at radius 2 is 1.89 bits per heavy atom. The Balaban J connectivity index is 2.87. The van der Waals surface area contributed by atoms with E-state index in [1.807, 2.05) is 45.0 Å². The van der Waals surface area contributed by atoms with Crippen molar-refractivity contribution in [3.05, 3.63) is 29.8 Å². The predicted octanol–water partition coefficient (Wildman–Crippen LogP) is 2.71. The van der Waals surface area contributed by atoms with Crippen molar-refractivity contribution >= 4 is 17.6 Å². The highest BCUT2D eigenvalue weighted by Crippen LogP contribution is 2.23. The van der Waals surface area contributed by atoms with E-state index in [2.05, 4.69) is 0 Å². The zero-order chi connectivity index (χ0) is 14.6. The van der Waals surface area contributed by atoms with Crippen molar-refractivity contribution in [2.75, 3.05) is 11.9 Å². The number of hydrogen-bond donors (Lipinski definition) is 1. The van der Waals surface area contributed by atoms with E-state index in [4.69, 9.17) is 5.11 Å². The number of amides is 1. The number of carbonyl (C=O) groups is 2. The van der Waals surface area contributed by atoms with Crippen molar-refractivity contribution in [1.82, 2.24) is 0 Å². The van der Waals surface area contributed by atoms with Crippen molar-refractivity contribution in [3.63, 3.8) is 0 Å². The summed E-state index contributed by atoms with van der Waals surface area (Å²) in [5.41, 5.74) is 1.28. The minimum absolute atomic E-state index is 0.0304. The second-order valence-electron chi connectivity index (χ2n) is 5.68. The van der Waals surface area contributed by atoms with Crippen LogP contribution in [0, 0.1) is 5.41 Å². The Hall–Kier alpha value is -1.84. The number of nitrogens with zero attached hydrogens (tertiary/aromatic N) is 1. The van der Waals surface area contributed by atoms with E-state index in [-0.39, 0.29) is 12.3 Å². The molecule has 1 aromatic rings. The first kappa shape index (κ1) is 15.2. The molecule has 0 heterocycles. The lowest BCUT2D eigenvalue weighted by atomic mass is 9.94. The third-order valence-electron chi connectivity index (χ3n) is 2.87. The second kappa shape index (κ2) is 5.87. The van der Waals surface area contributed by atoms with Gasteiger partial charge < -0.3 is 10.0 Å². The molecular formula is C15H21NO3. The highest BCUT2D eigenvalue weighted by Gasteiger charge is 2.25. The maximum atomic E-state index is 12.2. The Morgan fingerprint density at radius 1 is 1.26 bits per heavy atom. The van der Waals surface area contributed by atoms with Crippen LogP contribution in [-0.2, 0) is 16.0 Å². The largest absolute Gasteiger partial charge is 0.481 e. The Labute approximate surface area is 114 Å². The summed E-state index contributed by atoms with van der Waals surface area (Å²) in [5.74, 6) is -0.785. The molecule has 1 N–H and O–H groups in total. The van der Waals surface area contributed by atoms with E-state index in [0.29, 0.717) is 6.42 Å². The lowest BCUT2D eigenvalue weighted by Gasteiger charge is -2.26. The van der Waals surface area contributed by atoms with Gasteiger partial charge in [-0.2, -0.15) is 0 Å². The zero-order valence-corrected chi connectivity index (χ0v) is 11.9. The molecular weight excluding hydrogens is 242 g/mol. The zero-order valence-electron chi connectivity index (χ0n) is 11.9. The Morgan fingerprint density at radius 3 is 2.42 bits per heavy atom. The summed E-state index contributed by atoms with van der Waals surface area (Å²) >= 11 is 0. The molecule has 0 spiro atoms. The smallest absolute Gasteiger partial charge is 0.303 e. The molecule has 1 rings (SSSR count). The van der Waals surface area contributed by atoms with Crippen LogP contribution in [-0.4, -0.2) is 24.0 Å². The van der Waals surface area contributed by atoms with Crippen molar-refractivity contribution in [3.8, 4) is 0 Å². The maximum Gasteiger partial charge on any atom is 0.303 e. The summed E-state index contributed by atoms with van der Waals surface area (Å²) in [6, 6.07) is 7.45. The van der Waals surface area contributed by atoms with Crippen LogP contribution in [0.5, 0.6) is 0 Å². The number of carboxylic acids is 1. The minimum Gasteiger partial charge on any atom is -0.481 e. The fourth-order valence-electron chi connectivity index (χ4n) is 1.79. The van der Waals surface area contributed by atoms with E-state index in [1.54, 1.807) is 11.9 Å². The van der Waals surface area contributed by atoms with E-state index in [0.717, 1.165) is 11.3 Å². The second-order valence-corrected chi connectivity index (χ2v) is 5.68. The molecule has 0 saturated carbocycles. The van der Waals surface area contributed by atoms with Gasteiger partial charge in [0, 0.05) is 24.6 Å². The number of benzene rings is 1. The van der Waals surface area contributed by atoms with Gasteiger partial charge in [0.25, 0.3) is 0 Å². The highest BCUT2D eigenvalue weighted by atomic mass is 16.4. The van der Waals surface area contributed by atoms with E-state index in [1.165, 1.54) is 0 Å². The standard InChI is InChI=1S/C15H21NO3/c1-15(2,3)14(19)16(4)12-7-5-6-11(10-12)8-9-13(17)18/h5-7,10H,8-9H2,1-4H3,(H,17,18). The molecule has 4 nitrogen and oxygen atoms in total. The quantitative estimate of drug-likeness (QED) is 0.908. The SMILES string of the molecule is CN(C(=O)C(C)(C)C)c1cccc(CCC(=O)O)c1. The van der Waals surface area contributed by atoms with Crippen LogP contribution in [0.15, 0.2) is 24.3 Å². The summed E-state index contributed by atoms with van der Waals surface area (Å²) in [4.78, 5) is 24.4. The van der Waals surface area contributed by atoms with Gasteiger partial charge in [-0.1, -0.05) is 32.9 Å². The summed E-state index contributed by atoms with van der Waals surface area (Å²) in [6.45, 7) is 5.63. The van der Waals surface area contributed by atoms with Crippen LogP contribution < -0.4 is 4.90 Å². The lowest BCUT2D eigenvalue weighted by Crippen LogP contribution is -2.36. The molecule has 0 unspecified atom stereocenters. The summed E-state index contributed by atoms with van der Waals surface area (Å²) in [7, 11) is 1.74. The maximum absolute atomic E-state index is 12.2. The van der Waals surface area contributed by atoms with Crippen molar-refractivity contribution < 1.29 is 14.7 Å². The molecule has 0 atom stereocenters. The Bertz CT molecular complexity index is 475. The fourth-order valence-corrected chi connectivity index (χ4v) is 1.79. The van der Waals surface area contributed by atoms with Gasteiger partial charge in [-0.05, 0) is 24.1 Å². The molecule has 0 saturated heterocycles. The average molecular weight is 263 g/mol. The third-order valence-corrected chi connectivity index (χ3v) is 2.87. The normalized spacial score (nSPS) is 11.2. The fraction of sp³-hybridized carbons (Fsp3) is 0.467. The van der Waals surface area contributed by atoms with Crippen LogP contribution in [0.3, 0.4) is 0 Å². The highest BCUT2D eigenvalue weighted by molar-refractivity contribution is 5.96. The number of carbonyl (C=O) groups excluding carboxylic acids is 1. The number of hydrogen-bond acceptors (Lipinski definition) is 2. The van der Waals surface area contributed by atoms with Crippen LogP contribution >= 0.6 is 0 Å². The molecule has 1 aromatic carbocycles. The van der Waals surface area contributed by atoms with Gasteiger partial charge >= 0.3 is 5.97 Å². The number of rotatable bonds is 4. The van der Waals surface area contributed by atoms with E-state index < -0.39 is 11.4 Å².